The Kier molecular flexibility index (Phi) is 3.17. The molecular formula is C10H15N3. The minimum absolute atomic E-state index is 0.0707. The topological polar surface area (TPSA) is 50.9 Å². The van der Waals surface area contributed by atoms with Gasteiger partial charge in [-0.15, -0.1) is 6.58 Å². The zero-order valence-electron chi connectivity index (χ0n) is 8.04. The van der Waals surface area contributed by atoms with E-state index in [0.717, 1.165) is 11.4 Å². The molecule has 0 aromatic carbocycles. The van der Waals surface area contributed by atoms with Crippen molar-refractivity contribution in [1.82, 2.24) is 10.4 Å². The van der Waals surface area contributed by atoms with Gasteiger partial charge in [0.2, 0.25) is 0 Å². The maximum Gasteiger partial charge on any atom is 0.0809 e. The average Bonchev–Trinajstić information content (AvgIpc) is 2.04. The summed E-state index contributed by atoms with van der Waals surface area (Å²) < 4.78 is 0. The molecular weight excluding hydrogens is 162 g/mol. The molecule has 3 nitrogen and oxygen atoms in total. The molecule has 3 N–H and O–H groups in total. The quantitative estimate of drug-likeness (QED) is 0.417. The van der Waals surface area contributed by atoms with Crippen LogP contribution in [0.5, 0.6) is 0 Å². The van der Waals surface area contributed by atoms with Crippen LogP contribution in [0, 0.1) is 13.8 Å². The zero-order valence-corrected chi connectivity index (χ0v) is 8.04. The normalized spacial score (nSPS) is 12.5. The van der Waals surface area contributed by atoms with Crippen LogP contribution in [0.15, 0.2) is 24.8 Å². The van der Waals surface area contributed by atoms with Crippen molar-refractivity contribution in [3.05, 3.63) is 41.7 Å². The smallest absolute Gasteiger partial charge is 0.0809 e. The fourth-order valence-corrected chi connectivity index (χ4v) is 1.31. The molecule has 1 aromatic heterocycles. The van der Waals surface area contributed by atoms with E-state index in [9.17, 15) is 0 Å². The SMILES string of the molecule is C=CC(NN)c1cc(C)cc(C)n1. The van der Waals surface area contributed by atoms with Crippen molar-refractivity contribution < 1.29 is 0 Å². The van der Waals surface area contributed by atoms with Crippen molar-refractivity contribution in [1.29, 1.82) is 0 Å². The van der Waals surface area contributed by atoms with Gasteiger partial charge in [0.25, 0.3) is 0 Å². The van der Waals surface area contributed by atoms with Crippen LogP contribution in [0.4, 0.5) is 0 Å². The summed E-state index contributed by atoms with van der Waals surface area (Å²) in [7, 11) is 0. The highest BCUT2D eigenvalue weighted by Gasteiger charge is 2.06. The van der Waals surface area contributed by atoms with E-state index in [1.165, 1.54) is 5.56 Å². The lowest BCUT2D eigenvalue weighted by molar-refractivity contribution is 0.637. The molecule has 1 aromatic rings. The molecule has 0 bridgehead atoms. The van der Waals surface area contributed by atoms with Gasteiger partial charge in [-0.3, -0.25) is 10.8 Å². The average molecular weight is 177 g/mol. The summed E-state index contributed by atoms with van der Waals surface area (Å²) >= 11 is 0. The lowest BCUT2D eigenvalue weighted by Gasteiger charge is -2.11. The van der Waals surface area contributed by atoms with Gasteiger partial charge in [-0.2, -0.15) is 0 Å². The number of nitrogens with zero attached hydrogens (tertiary/aromatic N) is 1. The van der Waals surface area contributed by atoms with Gasteiger partial charge in [0, 0.05) is 5.69 Å². The lowest BCUT2D eigenvalue weighted by atomic mass is 10.1. The van der Waals surface area contributed by atoms with E-state index in [1.54, 1.807) is 6.08 Å². The Morgan fingerprint density at radius 1 is 1.54 bits per heavy atom. The fraction of sp³-hybridized carbons (Fsp3) is 0.300. The molecule has 0 radical (unpaired) electrons. The number of aryl methyl sites for hydroxylation is 2. The molecule has 1 rings (SSSR count). The van der Waals surface area contributed by atoms with E-state index in [4.69, 9.17) is 5.84 Å². The summed E-state index contributed by atoms with van der Waals surface area (Å²) in [5, 5.41) is 0. The van der Waals surface area contributed by atoms with Crippen LogP contribution in [-0.4, -0.2) is 4.98 Å². The van der Waals surface area contributed by atoms with E-state index in [1.807, 2.05) is 26.0 Å². The fourth-order valence-electron chi connectivity index (χ4n) is 1.31. The van der Waals surface area contributed by atoms with Crippen molar-refractivity contribution in [2.24, 2.45) is 5.84 Å². The Morgan fingerprint density at radius 2 is 2.23 bits per heavy atom. The molecule has 0 spiro atoms. The van der Waals surface area contributed by atoms with E-state index >= 15 is 0 Å². The van der Waals surface area contributed by atoms with Gasteiger partial charge in [0.15, 0.2) is 0 Å². The Balaban J connectivity index is 3.05. The summed E-state index contributed by atoms with van der Waals surface area (Å²) in [5.41, 5.74) is 5.74. The summed E-state index contributed by atoms with van der Waals surface area (Å²) in [6.45, 7) is 7.69. The molecule has 3 heteroatoms. The summed E-state index contributed by atoms with van der Waals surface area (Å²) in [6.07, 6.45) is 1.74. The first-order valence-electron chi connectivity index (χ1n) is 4.21. The Labute approximate surface area is 78.6 Å². The van der Waals surface area contributed by atoms with Crippen molar-refractivity contribution >= 4 is 0 Å². The van der Waals surface area contributed by atoms with Crippen molar-refractivity contribution in [3.8, 4) is 0 Å². The number of hydrazine groups is 1. The number of nitrogens with one attached hydrogen (secondary N) is 1. The van der Waals surface area contributed by atoms with Crippen LogP contribution in [0.25, 0.3) is 0 Å². The molecule has 0 saturated carbocycles. The second kappa shape index (κ2) is 4.16. The van der Waals surface area contributed by atoms with Crippen LogP contribution in [0.1, 0.15) is 23.0 Å². The number of nitrogens with two attached hydrogens (primary N) is 1. The molecule has 0 amide bonds. The van der Waals surface area contributed by atoms with Gasteiger partial charge in [-0.25, -0.2) is 5.43 Å². The highest BCUT2D eigenvalue weighted by Crippen LogP contribution is 2.12. The maximum atomic E-state index is 5.35. The first kappa shape index (κ1) is 9.89. The van der Waals surface area contributed by atoms with E-state index in [-0.39, 0.29) is 6.04 Å². The van der Waals surface area contributed by atoms with E-state index in [2.05, 4.69) is 17.0 Å². The van der Waals surface area contributed by atoms with Crippen LogP contribution >= 0.6 is 0 Å². The standard InChI is InChI=1S/C10H15N3/c1-4-9(13-11)10-6-7(2)5-8(3)12-10/h4-6,9,13H,1,11H2,2-3H3. The Morgan fingerprint density at radius 3 is 2.69 bits per heavy atom. The van der Waals surface area contributed by atoms with Crippen molar-refractivity contribution in [2.75, 3.05) is 0 Å². The van der Waals surface area contributed by atoms with Gasteiger partial charge < -0.3 is 0 Å². The Hall–Kier alpha value is -1.19. The zero-order chi connectivity index (χ0) is 9.84. The third-order valence-electron chi connectivity index (χ3n) is 1.85. The number of pyridine rings is 1. The molecule has 0 aliphatic carbocycles. The maximum absolute atomic E-state index is 5.35. The van der Waals surface area contributed by atoms with Gasteiger partial charge in [-0.1, -0.05) is 6.08 Å². The predicted molar refractivity (Wildman–Crippen MR) is 54.0 cm³/mol. The molecule has 0 aliphatic heterocycles. The second-order valence-electron chi connectivity index (χ2n) is 3.09. The third-order valence-corrected chi connectivity index (χ3v) is 1.85. The molecule has 70 valence electrons. The van der Waals surface area contributed by atoms with Crippen molar-refractivity contribution in [2.45, 2.75) is 19.9 Å². The molecule has 1 atom stereocenters. The number of hydrogen-bond donors (Lipinski definition) is 2. The van der Waals surface area contributed by atoms with Crippen LogP contribution in [0.2, 0.25) is 0 Å². The monoisotopic (exact) mass is 177 g/mol. The molecule has 0 aliphatic rings. The molecule has 13 heavy (non-hydrogen) atoms. The highest BCUT2D eigenvalue weighted by atomic mass is 15.2. The minimum atomic E-state index is -0.0707. The predicted octanol–water partition coefficient (Wildman–Crippen LogP) is 1.39. The lowest BCUT2D eigenvalue weighted by Crippen LogP contribution is -2.27. The van der Waals surface area contributed by atoms with Gasteiger partial charge in [-0.05, 0) is 31.5 Å². The summed E-state index contributed by atoms with van der Waals surface area (Å²) in [6, 6.07) is 3.96. The minimum Gasteiger partial charge on any atom is -0.271 e. The van der Waals surface area contributed by atoms with E-state index in [0.29, 0.717) is 0 Å². The van der Waals surface area contributed by atoms with Gasteiger partial charge >= 0.3 is 0 Å². The first-order valence-corrected chi connectivity index (χ1v) is 4.21. The van der Waals surface area contributed by atoms with E-state index < -0.39 is 0 Å². The second-order valence-corrected chi connectivity index (χ2v) is 3.09. The molecule has 1 heterocycles. The third kappa shape index (κ3) is 2.37. The largest absolute Gasteiger partial charge is 0.271 e. The summed E-state index contributed by atoms with van der Waals surface area (Å²) in [5.74, 6) is 5.35. The number of aromatic nitrogens is 1. The molecule has 1 unspecified atom stereocenters. The molecule has 0 fully saturated rings. The highest BCUT2D eigenvalue weighted by molar-refractivity contribution is 5.23. The van der Waals surface area contributed by atoms with Crippen LogP contribution < -0.4 is 11.3 Å². The van der Waals surface area contributed by atoms with Crippen LogP contribution in [-0.2, 0) is 0 Å². The number of rotatable bonds is 3. The molecule has 0 saturated heterocycles. The van der Waals surface area contributed by atoms with Crippen LogP contribution in [0.3, 0.4) is 0 Å². The van der Waals surface area contributed by atoms with Gasteiger partial charge in [0.05, 0.1) is 11.7 Å². The Bertz CT molecular complexity index is 287. The number of hydrogen-bond acceptors (Lipinski definition) is 3. The first-order chi connectivity index (χ1) is 6.17. The van der Waals surface area contributed by atoms with Crippen molar-refractivity contribution in [3.63, 3.8) is 0 Å². The summed E-state index contributed by atoms with van der Waals surface area (Å²) in [4.78, 5) is 4.36. The van der Waals surface area contributed by atoms with Gasteiger partial charge in [0.1, 0.15) is 0 Å².